The highest BCUT2D eigenvalue weighted by atomic mass is 16.6. The highest BCUT2D eigenvalue weighted by Crippen LogP contribution is 2.29. The molecule has 0 spiro atoms. The van der Waals surface area contributed by atoms with E-state index in [1.807, 2.05) is 27.7 Å². The molecule has 2 fully saturated rings. The topological polar surface area (TPSA) is 88.1 Å². The van der Waals surface area contributed by atoms with Crippen molar-refractivity contribution in [3.63, 3.8) is 0 Å². The fraction of sp³-hybridized carbons (Fsp3) is 0.875. The monoisotopic (exact) mass is 328 g/mol. The molecule has 132 valence electrons. The van der Waals surface area contributed by atoms with Gasteiger partial charge in [-0.25, -0.2) is 4.79 Å². The van der Waals surface area contributed by atoms with Gasteiger partial charge >= 0.3 is 12.1 Å². The Kier molecular flexibility index (Phi) is 5.20. The number of likely N-dealkylation sites (tertiary alicyclic amines) is 1. The van der Waals surface area contributed by atoms with Gasteiger partial charge in [0.1, 0.15) is 5.60 Å². The number of carbonyl (C=O) groups excluding carboxylic acids is 1. The Bertz CT molecular complexity index is 454. The van der Waals surface area contributed by atoms with Gasteiger partial charge in [-0.3, -0.25) is 4.79 Å². The van der Waals surface area contributed by atoms with Gasteiger partial charge in [-0.15, -0.1) is 0 Å². The van der Waals surface area contributed by atoms with Crippen molar-refractivity contribution in [1.82, 2.24) is 10.2 Å². The zero-order valence-electron chi connectivity index (χ0n) is 14.4. The third-order valence-corrected chi connectivity index (χ3v) is 4.12. The van der Waals surface area contributed by atoms with E-state index >= 15 is 0 Å². The summed E-state index contributed by atoms with van der Waals surface area (Å²) in [7, 11) is 0. The largest absolute Gasteiger partial charge is 0.481 e. The number of carboxylic acids is 1. The third-order valence-electron chi connectivity index (χ3n) is 4.12. The minimum absolute atomic E-state index is 0.00195. The summed E-state index contributed by atoms with van der Waals surface area (Å²) in [6, 6.07) is 0.221. The van der Waals surface area contributed by atoms with E-state index in [-0.39, 0.29) is 24.7 Å². The van der Waals surface area contributed by atoms with Gasteiger partial charge in [0, 0.05) is 25.7 Å². The molecule has 0 aliphatic carbocycles. The van der Waals surface area contributed by atoms with E-state index in [0.717, 1.165) is 12.8 Å². The summed E-state index contributed by atoms with van der Waals surface area (Å²) < 4.78 is 10.9. The molecule has 2 rings (SSSR count). The second kappa shape index (κ2) is 6.65. The first-order valence-corrected chi connectivity index (χ1v) is 8.18. The van der Waals surface area contributed by atoms with Crippen LogP contribution in [0.5, 0.6) is 0 Å². The third kappa shape index (κ3) is 5.07. The number of nitrogens with one attached hydrogen (secondary N) is 1. The Morgan fingerprint density at radius 3 is 2.57 bits per heavy atom. The van der Waals surface area contributed by atoms with E-state index in [9.17, 15) is 14.7 Å². The predicted octanol–water partition coefficient (Wildman–Crippen LogP) is 1.61. The number of carbonyl (C=O) groups is 2. The van der Waals surface area contributed by atoms with Crippen molar-refractivity contribution in [2.24, 2.45) is 0 Å². The average Bonchev–Trinajstić information content (AvgIpc) is 2.32. The van der Waals surface area contributed by atoms with E-state index in [4.69, 9.17) is 9.47 Å². The van der Waals surface area contributed by atoms with Crippen molar-refractivity contribution >= 4 is 12.1 Å². The summed E-state index contributed by atoms with van der Waals surface area (Å²) in [6.45, 7) is 8.87. The molecule has 2 unspecified atom stereocenters. The van der Waals surface area contributed by atoms with Gasteiger partial charge in [0.25, 0.3) is 0 Å². The van der Waals surface area contributed by atoms with Gasteiger partial charge in [-0.2, -0.15) is 0 Å². The standard InChI is InChI=1S/C16H28N2O5/c1-11-7-12(5-6-22-11)17-16(8-13(19)20)9-18(10-16)14(21)23-15(2,3)4/h11-12,17H,5-10H2,1-4H3,(H,19,20). The maximum absolute atomic E-state index is 12.1. The number of rotatable bonds is 4. The molecule has 2 aliphatic rings. The molecule has 2 aliphatic heterocycles. The normalized spacial score (nSPS) is 27.2. The lowest BCUT2D eigenvalue weighted by molar-refractivity contribution is -0.141. The number of ether oxygens (including phenoxy) is 2. The molecule has 0 radical (unpaired) electrons. The Morgan fingerprint density at radius 1 is 1.39 bits per heavy atom. The van der Waals surface area contributed by atoms with Gasteiger partial charge < -0.3 is 24.8 Å². The summed E-state index contributed by atoms with van der Waals surface area (Å²) in [6.07, 6.45) is 1.50. The fourth-order valence-corrected chi connectivity index (χ4v) is 3.25. The lowest BCUT2D eigenvalue weighted by atomic mass is 9.84. The summed E-state index contributed by atoms with van der Waals surface area (Å²) in [5, 5.41) is 12.7. The molecule has 0 aromatic carbocycles. The van der Waals surface area contributed by atoms with Crippen molar-refractivity contribution in [3.8, 4) is 0 Å². The smallest absolute Gasteiger partial charge is 0.410 e. The molecule has 1 amide bonds. The van der Waals surface area contributed by atoms with Crippen LogP contribution in [0.2, 0.25) is 0 Å². The van der Waals surface area contributed by atoms with E-state index in [2.05, 4.69) is 5.32 Å². The number of hydrogen-bond acceptors (Lipinski definition) is 5. The molecule has 23 heavy (non-hydrogen) atoms. The summed E-state index contributed by atoms with van der Waals surface area (Å²) in [5.41, 5.74) is -1.11. The molecule has 0 aromatic heterocycles. The fourth-order valence-electron chi connectivity index (χ4n) is 3.25. The van der Waals surface area contributed by atoms with E-state index < -0.39 is 17.1 Å². The Labute approximate surface area is 137 Å². The molecule has 7 heteroatoms. The van der Waals surface area contributed by atoms with Gasteiger partial charge in [0.2, 0.25) is 0 Å². The van der Waals surface area contributed by atoms with Crippen LogP contribution in [0.3, 0.4) is 0 Å². The molecule has 2 saturated heterocycles. The van der Waals surface area contributed by atoms with E-state index in [0.29, 0.717) is 19.7 Å². The predicted molar refractivity (Wildman–Crippen MR) is 84.4 cm³/mol. The molecular formula is C16H28N2O5. The van der Waals surface area contributed by atoms with Gasteiger partial charge in [-0.05, 0) is 40.5 Å². The van der Waals surface area contributed by atoms with Gasteiger partial charge in [0.05, 0.1) is 18.1 Å². The van der Waals surface area contributed by atoms with Crippen molar-refractivity contribution in [2.75, 3.05) is 19.7 Å². The van der Waals surface area contributed by atoms with Crippen LogP contribution in [0.4, 0.5) is 4.79 Å². The lowest BCUT2D eigenvalue weighted by Gasteiger charge is -2.51. The maximum atomic E-state index is 12.1. The SMILES string of the molecule is CC1CC(NC2(CC(=O)O)CN(C(=O)OC(C)(C)C)C2)CCO1. The summed E-state index contributed by atoms with van der Waals surface area (Å²) >= 11 is 0. The van der Waals surface area contributed by atoms with Crippen LogP contribution in [0, 0.1) is 0 Å². The summed E-state index contributed by atoms with van der Waals surface area (Å²) in [5.74, 6) is -0.860. The van der Waals surface area contributed by atoms with Crippen molar-refractivity contribution in [3.05, 3.63) is 0 Å². The van der Waals surface area contributed by atoms with Gasteiger partial charge in [-0.1, -0.05) is 0 Å². The zero-order valence-corrected chi connectivity index (χ0v) is 14.4. The van der Waals surface area contributed by atoms with Crippen LogP contribution in [-0.4, -0.2) is 65.1 Å². The van der Waals surface area contributed by atoms with Crippen LogP contribution < -0.4 is 5.32 Å². The van der Waals surface area contributed by atoms with E-state index in [1.54, 1.807) is 4.90 Å². The number of amides is 1. The molecule has 7 nitrogen and oxygen atoms in total. The van der Waals surface area contributed by atoms with Crippen LogP contribution in [0.25, 0.3) is 0 Å². The van der Waals surface area contributed by atoms with Gasteiger partial charge in [0.15, 0.2) is 0 Å². The number of carboxylic acid groups (broad SMARTS) is 1. The minimum Gasteiger partial charge on any atom is -0.481 e. The molecule has 2 atom stereocenters. The molecule has 0 saturated carbocycles. The van der Waals surface area contributed by atoms with Crippen LogP contribution in [-0.2, 0) is 14.3 Å². The molecule has 2 heterocycles. The average molecular weight is 328 g/mol. The van der Waals surface area contributed by atoms with Crippen LogP contribution in [0.1, 0.15) is 47.0 Å². The minimum atomic E-state index is -0.860. The Hall–Kier alpha value is -1.34. The van der Waals surface area contributed by atoms with Crippen LogP contribution >= 0.6 is 0 Å². The Balaban J connectivity index is 1.94. The van der Waals surface area contributed by atoms with Crippen molar-refractivity contribution in [2.45, 2.75) is 70.2 Å². The Morgan fingerprint density at radius 2 is 2.04 bits per heavy atom. The van der Waals surface area contributed by atoms with Crippen molar-refractivity contribution in [1.29, 1.82) is 0 Å². The zero-order chi connectivity index (χ0) is 17.3. The van der Waals surface area contributed by atoms with Crippen molar-refractivity contribution < 1.29 is 24.2 Å². The summed E-state index contributed by atoms with van der Waals surface area (Å²) in [4.78, 5) is 24.8. The highest BCUT2D eigenvalue weighted by molar-refractivity contribution is 5.73. The highest BCUT2D eigenvalue weighted by Gasteiger charge is 2.49. The van der Waals surface area contributed by atoms with Crippen LogP contribution in [0.15, 0.2) is 0 Å². The molecule has 2 N–H and O–H groups in total. The maximum Gasteiger partial charge on any atom is 0.410 e. The first kappa shape index (κ1) is 18.0. The number of nitrogens with zero attached hydrogens (tertiary/aromatic N) is 1. The lowest BCUT2D eigenvalue weighted by Crippen LogP contribution is -2.73. The number of aliphatic carboxylic acids is 1. The quantitative estimate of drug-likeness (QED) is 0.815. The second-order valence-corrected chi connectivity index (χ2v) is 7.73. The number of hydrogen-bond donors (Lipinski definition) is 2. The van der Waals surface area contributed by atoms with E-state index in [1.165, 1.54) is 0 Å². The molecule has 0 aromatic rings. The first-order valence-electron chi connectivity index (χ1n) is 8.18. The first-order chi connectivity index (χ1) is 10.6. The second-order valence-electron chi connectivity index (χ2n) is 7.73. The molecule has 0 bridgehead atoms. The molecular weight excluding hydrogens is 300 g/mol.